The van der Waals surface area contributed by atoms with Crippen LogP contribution < -0.4 is 9.88 Å². The van der Waals surface area contributed by atoms with E-state index in [1.54, 1.807) is 0 Å². The zero-order valence-electron chi connectivity index (χ0n) is 9.10. The van der Waals surface area contributed by atoms with E-state index in [-0.39, 0.29) is 16.6 Å². The first-order chi connectivity index (χ1) is 7.30. The Balaban J connectivity index is 2.92. The standard InChI is InChI=1S/C10H14FNO3S/c1-7(2)6-15-10-4-3-8(5-9(10)11)16(12,13)14/h3-5,7H,6H2,1-2H3,(H2,12,13,14). The fourth-order valence-corrected chi connectivity index (χ4v) is 1.56. The van der Waals surface area contributed by atoms with Gasteiger partial charge in [-0.2, -0.15) is 0 Å². The van der Waals surface area contributed by atoms with E-state index < -0.39 is 15.8 Å². The number of halogens is 1. The van der Waals surface area contributed by atoms with Gasteiger partial charge in [0, 0.05) is 0 Å². The largest absolute Gasteiger partial charge is 0.490 e. The number of primary sulfonamides is 1. The predicted molar refractivity (Wildman–Crippen MR) is 58.1 cm³/mol. The molecule has 0 bridgehead atoms. The summed E-state index contributed by atoms with van der Waals surface area (Å²) in [4.78, 5) is -0.262. The highest BCUT2D eigenvalue weighted by Gasteiger charge is 2.12. The van der Waals surface area contributed by atoms with Crippen LogP contribution in [0.1, 0.15) is 13.8 Å². The molecule has 0 aliphatic carbocycles. The van der Waals surface area contributed by atoms with Gasteiger partial charge in [0.05, 0.1) is 11.5 Å². The van der Waals surface area contributed by atoms with Crippen molar-refractivity contribution in [1.29, 1.82) is 0 Å². The first-order valence-corrected chi connectivity index (χ1v) is 6.30. The van der Waals surface area contributed by atoms with Gasteiger partial charge < -0.3 is 4.74 Å². The van der Waals surface area contributed by atoms with E-state index in [4.69, 9.17) is 9.88 Å². The van der Waals surface area contributed by atoms with Gasteiger partial charge in [-0.3, -0.25) is 0 Å². The molecule has 0 heterocycles. The molecule has 2 N–H and O–H groups in total. The Hall–Kier alpha value is -1.14. The maximum atomic E-state index is 13.4. The van der Waals surface area contributed by atoms with Gasteiger partial charge in [0.15, 0.2) is 11.6 Å². The Morgan fingerprint density at radius 2 is 2.06 bits per heavy atom. The van der Waals surface area contributed by atoms with Gasteiger partial charge in [0.1, 0.15) is 0 Å². The van der Waals surface area contributed by atoms with Gasteiger partial charge in [-0.25, -0.2) is 17.9 Å². The normalized spacial score (nSPS) is 11.8. The molecule has 6 heteroatoms. The van der Waals surface area contributed by atoms with Crippen molar-refractivity contribution in [2.45, 2.75) is 18.7 Å². The molecular formula is C10H14FNO3S. The molecule has 0 unspecified atom stereocenters. The first-order valence-electron chi connectivity index (χ1n) is 4.76. The molecule has 4 nitrogen and oxygen atoms in total. The van der Waals surface area contributed by atoms with Gasteiger partial charge >= 0.3 is 0 Å². The molecular weight excluding hydrogens is 233 g/mol. The van der Waals surface area contributed by atoms with E-state index in [1.807, 2.05) is 13.8 Å². The summed E-state index contributed by atoms with van der Waals surface area (Å²) in [6.45, 7) is 4.22. The van der Waals surface area contributed by atoms with Crippen molar-refractivity contribution < 1.29 is 17.5 Å². The molecule has 1 aromatic carbocycles. The monoisotopic (exact) mass is 247 g/mol. The van der Waals surface area contributed by atoms with E-state index in [9.17, 15) is 12.8 Å². The van der Waals surface area contributed by atoms with E-state index in [0.29, 0.717) is 6.61 Å². The number of rotatable bonds is 4. The summed E-state index contributed by atoms with van der Waals surface area (Å²) < 4.78 is 40.4. The summed E-state index contributed by atoms with van der Waals surface area (Å²) in [5.41, 5.74) is 0. The van der Waals surface area contributed by atoms with Gasteiger partial charge in [-0.05, 0) is 24.1 Å². The summed E-state index contributed by atoms with van der Waals surface area (Å²) >= 11 is 0. The molecule has 0 fully saturated rings. The second-order valence-corrected chi connectivity index (χ2v) is 5.40. The first kappa shape index (κ1) is 12.9. The van der Waals surface area contributed by atoms with E-state index >= 15 is 0 Å². The third-order valence-electron chi connectivity index (χ3n) is 1.80. The van der Waals surface area contributed by atoms with Crippen molar-refractivity contribution in [3.05, 3.63) is 24.0 Å². The summed E-state index contributed by atoms with van der Waals surface area (Å²) in [5.74, 6) is -0.439. The lowest BCUT2D eigenvalue weighted by molar-refractivity contribution is 0.259. The Morgan fingerprint density at radius 1 is 1.44 bits per heavy atom. The number of nitrogens with two attached hydrogens (primary N) is 1. The van der Waals surface area contributed by atoms with Crippen LogP contribution in [0.4, 0.5) is 4.39 Å². The molecule has 0 aliphatic heterocycles. The summed E-state index contributed by atoms with van der Waals surface area (Å²) in [7, 11) is -3.87. The minimum atomic E-state index is -3.87. The lowest BCUT2D eigenvalue weighted by Crippen LogP contribution is -2.13. The Kier molecular flexibility index (Phi) is 3.88. The molecule has 90 valence electrons. The Morgan fingerprint density at radius 3 is 2.50 bits per heavy atom. The van der Waals surface area contributed by atoms with Crippen LogP contribution in [-0.4, -0.2) is 15.0 Å². The summed E-state index contributed by atoms with van der Waals surface area (Å²) in [5, 5.41) is 4.86. The number of hydrogen-bond donors (Lipinski definition) is 1. The van der Waals surface area contributed by atoms with Crippen molar-refractivity contribution >= 4 is 10.0 Å². The SMILES string of the molecule is CC(C)COc1ccc(S(N)(=O)=O)cc1F. The molecule has 0 radical (unpaired) electrons. The Labute approximate surface area is 94.3 Å². The average molecular weight is 247 g/mol. The maximum Gasteiger partial charge on any atom is 0.238 e. The zero-order valence-corrected chi connectivity index (χ0v) is 9.92. The minimum absolute atomic E-state index is 0.0288. The molecule has 16 heavy (non-hydrogen) atoms. The van der Waals surface area contributed by atoms with Crippen LogP contribution in [0.3, 0.4) is 0 Å². The average Bonchev–Trinajstić information content (AvgIpc) is 2.14. The maximum absolute atomic E-state index is 13.4. The van der Waals surface area contributed by atoms with E-state index in [1.165, 1.54) is 12.1 Å². The summed E-state index contributed by atoms with van der Waals surface area (Å²) in [6.07, 6.45) is 0. The lowest BCUT2D eigenvalue weighted by Gasteiger charge is -2.09. The van der Waals surface area contributed by atoms with Crippen LogP contribution in [0.15, 0.2) is 23.1 Å². The molecule has 1 aromatic rings. The number of benzene rings is 1. The van der Waals surface area contributed by atoms with Crippen LogP contribution in [0.25, 0.3) is 0 Å². The zero-order chi connectivity index (χ0) is 12.3. The van der Waals surface area contributed by atoms with Gasteiger partial charge in [-0.1, -0.05) is 13.8 Å². The highest BCUT2D eigenvalue weighted by Crippen LogP contribution is 2.20. The molecule has 0 atom stereocenters. The van der Waals surface area contributed by atoms with Crippen LogP contribution in [0.2, 0.25) is 0 Å². The van der Waals surface area contributed by atoms with Gasteiger partial charge in [0.25, 0.3) is 0 Å². The lowest BCUT2D eigenvalue weighted by atomic mass is 10.2. The van der Waals surface area contributed by atoms with Crippen molar-refractivity contribution in [2.24, 2.45) is 11.1 Å². The minimum Gasteiger partial charge on any atom is -0.490 e. The smallest absolute Gasteiger partial charge is 0.238 e. The van der Waals surface area contributed by atoms with E-state index in [2.05, 4.69) is 0 Å². The highest BCUT2D eigenvalue weighted by molar-refractivity contribution is 7.89. The van der Waals surface area contributed by atoms with Crippen molar-refractivity contribution in [3.8, 4) is 5.75 Å². The molecule has 1 rings (SSSR count). The van der Waals surface area contributed by atoms with Crippen LogP contribution in [0.5, 0.6) is 5.75 Å². The van der Waals surface area contributed by atoms with Crippen molar-refractivity contribution in [1.82, 2.24) is 0 Å². The molecule has 0 saturated carbocycles. The third kappa shape index (κ3) is 3.46. The molecule has 0 amide bonds. The van der Waals surface area contributed by atoms with Crippen molar-refractivity contribution in [2.75, 3.05) is 6.61 Å². The number of hydrogen-bond acceptors (Lipinski definition) is 3. The number of sulfonamides is 1. The van der Waals surface area contributed by atoms with Crippen molar-refractivity contribution in [3.63, 3.8) is 0 Å². The highest BCUT2D eigenvalue weighted by atomic mass is 32.2. The van der Waals surface area contributed by atoms with Gasteiger partial charge in [-0.15, -0.1) is 0 Å². The van der Waals surface area contributed by atoms with E-state index in [0.717, 1.165) is 6.07 Å². The van der Waals surface area contributed by atoms with Crippen LogP contribution >= 0.6 is 0 Å². The molecule has 0 aliphatic rings. The fraction of sp³-hybridized carbons (Fsp3) is 0.400. The van der Waals surface area contributed by atoms with Crippen LogP contribution in [0, 0.1) is 11.7 Å². The molecule has 0 aromatic heterocycles. The Bertz CT molecular complexity index is 471. The van der Waals surface area contributed by atoms with Crippen LogP contribution in [-0.2, 0) is 10.0 Å². The fourth-order valence-electron chi connectivity index (χ4n) is 1.03. The molecule has 0 saturated heterocycles. The van der Waals surface area contributed by atoms with Gasteiger partial charge in [0.2, 0.25) is 10.0 Å². The quantitative estimate of drug-likeness (QED) is 0.876. The predicted octanol–water partition coefficient (Wildman–Crippen LogP) is 1.51. The number of ether oxygens (including phenoxy) is 1. The second kappa shape index (κ2) is 4.80. The topological polar surface area (TPSA) is 69.4 Å². The third-order valence-corrected chi connectivity index (χ3v) is 2.72. The second-order valence-electron chi connectivity index (χ2n) is 3.84. The summed E-state index contributed by atoms with van der Waals surface area (Å²) in [6, 6.07) is 3.33. The molecule has 0 spiro atoms.